The minimum atomic E-state index is -4.23. The Morgan fingerprint density at radius 1 is 0.947 bits per heavy atom. The summed E-state index contributed by atoms with van der Waals surface area (Å²) in [4.78, 5) is 27.9. The van der Waals surface area contributed by atoms with E-state index in [1.54, 1.807) is 51.1 Å². The Kier molecular flexibility index (Phi) is 9.76. The molecule has 0 saturated carbocycles. The number of carbonyl (C=O) groups excluding carboxylic acids is 2. The van der Waals surface area contributed by atoms with E-state index in [0.717, 1.165) is 16.4 Å². The van der Waals surface area contributed by atoms with Crippen LogP contribution in [0.3, 0.4) is 0 Å². The molecule has 3 aromatic carbocycles. The van der Waals surface area contributed by atoms with Crippen molar-refractivity contribution in [1.82, 2.24) is 10.2 Å². The van der Waals surface area contributed by atoms with Crippen molar-refractivity contribution in [3.05, 3.63) is 94.2 Å². The van der Waals surface area contributed by atoms with E-state index in [-0.39, 0.29) is 23.2 Å². The molecule has 1 unspecified atom stereocenters. The lowest BCUT2D eigenvalue weighted by atomic mass is 10.1. The Balaban J connectivity index is 2.03. The van der Waals surface area contributed by atoms with E-state index in [1.165, 1.54) is 35.2 Å². The third-order valence-corrected chi connectivity index (χ3v) is 8.05. The zero-order valence-corrected chi connectivity index (χ0v) is 23.4. The van der Waals surface area contributed by atoms with Crippen LogP contribution >= 0.6 is 23.2 Å². The Morgan fingerprint density at radius 3 is 2.16 bits per heavy atom. The molecule has 7 nitrogen and oxygen atoms in total. The molecular formula is C27H28Cl2FN3O4S. The van der Waals surface area contributed by atoms with Gasteiger partial charge in [0.05, 0.1) is 10.6 Å². The second kappa shape index (κ2) is 12.6. The maximum atomic E-state index is 13.8. The normalized spacial score (nSPS) is 12.2. The number of carbonyl (C=O) groups is 2. The molecule has 0 aliphatic rings. The number of rotatable bonds is 10. The number of nitrogens with one attached hydrogen (secondary N) is 1. The fourth-order valence-electron chi connectivity index (χ4n) is 3.68. The highest BCUT2D eigenvalue weighted by atomic mass is 35.5. The second-order valence-electron chi connectivity index (χ2n) is 8.90. The fourth-order valence-corrected chi connectivity index (χ4v) is 5.58. The van der Waals surface area contributed by atoms with Crippen LogP contribution in [0.25, 0.3) is 0 Å². The van der Waals surface area contributed by atoms with Crippen molar-refractivity contribution in [2.75, 3.05) is 10.8 Å². The van der Waals surface area contributed by atoms with Crippen molar-refractivity contribution < 1.29 is 22.4 Å². The molecule has 1 atom stereocenters. The molecule has 0 aliphatic carbocycles. The highest BCUT2D eigenvalue weighted by Crippen LogP contribution is 2.26. The molecule has 38 heavy (non-hydrogen) atoms. The van der Waals surface area contributed by atoms with Crippen LogP contribution in [0.5, 0.6) is 0 Å². The van der Waals surface area contributed by atoms with Crippen molar-refractivity contribution in [3.63, 3.8) is 0 Å². The summed E-state index contributed by atoms with van der Waals surface area (Å²) in [5.41, 5.74) is 0.611. The molecule has 1 N–H and O–H groups in total. The average Bonchev–Trinajstić information content (AvgIpc) is 2.87. The summed E-state index contributed by atoms with van der Waals surface area (Å²) in [6.45, 7) is 4.40. The third kappa shape index (κ3) is 7.24. The molecule has 0 saturated heterocycles. The first-order chi connectivity index (χ1) is 17.9. The number of halogens is 3. The van der Waals surface area contributed by atoms with Gasteiger partial charge in [-0.15, -0.1) is 0 Å². The smallest absolute Gasteiger partial charge is 0.264 e. The number of amides is 2. The number of hydrogen-bond donors (Lipinski definition) is 1. The molecule has 3 aromatic rings. The topological polar surface area (TPSA) is 86.8 Å². The van der Waals surface area contributed by atoms with Crippen molar-refractivity contribution in [2.45, 2.75) is 44.3 Å². The zero-order valence-electron chi connectivity index (χ0n) is 21.1. The lowest BCUT2D eigenvalue weighted by molar-refractivity contribution is -0.139. The van der Waals surface area contributed by atoms with Crippen molar-refractivity contribution in [2.24, 2.45) is 0 Å². The van der Waals surface area contributed by atoms with Crippen LogP contribution in [-0.2, 0) is 26.2 Å². The Hall–Kier alpha value is -3.14. The molecular weight excluding hydrogens is 552 g/mol. The van der Waals surface area contributed by atoms with Gasteiger partial charge in [-0.1, -0.05) is 47.5 Å². The summed E-state index contributed by atoms with van der Waals surface area (Å²) in [6, 6.07) is 16.0. The zero-order chi connectivity index (χ0) is 28.0. The number of nitrogens with zero attached hydrogens (tertiary/aromatic N) is 2. The van der Waals surface area contributed by atoms with Gasteiger partial charge in [0.2, 0.25) is 11.8 Å². The van der Waals surface area contributed by atoms with E-state index in [2.05, 4.69) is 5.32 Å². The molecule has 0 aliphatic heterocycles. The number of sulfonamides is 1. The van der Waals surface area contributed by atoms with Crippen LogP contribution in [0.1, 0.15) is 26.3 Å². The van der Waals surface area contributed by atoms with E-state index in [0.29, 0.717) is 15.6 Å². The molecule has 0 fully saturated rings. The Bertz CT molecular complexity index is 1390. The quantitative estimate of drug-likeness (QED) is 0.354. The standard InChI is InChI=1S/C27H28Cl2FN3O4S/c1-18(2)31-27(35)19(3)32(16-20-9-10-21(28)15-25(20)29)26(34)17-33(23-13-11-22(30)12-14-23)38(36,37)24-7-5-4-6-8-24/h4-15,18-19H,16-17H2,1-3H3,(H,31,35). The monoisotopic (exact) mass is 579 g/mol. The van der Waals surface area contributed by atoms with Crippen molar-refractivity contribution in [1.29, 1.82) is 0 Å². The molecule has 0 bridgehead atoms. The van der Waals surface area contributed by atoms with Crippen molar-refractivity contribution in [3.8, 4) is 0 Å². The van der Waals surface area contributed by atoms with Crippen LogP contribution in [0, 0.1) is 5.82 Å². The second-order valence-corrected chi connectivity index (χ2v) is 11.6. The van der Waals surface area contributed by atoms with Crippen LogP contribution in [0.15, 0.2) is 77.7 Å². The highest BCUT2D eigenvalue weighted by Gasteiger charge is 2.33. The molecule has 202 valence electrons. The lowest BCUT2D eigenvalue weighted by Gasteiger charge is -2.32. The summed E-state index contributed by atoms with van der Waals surface area (Å²) in [7, 11) is -4.23. The fraction of sp³-hybridized carbons (Fsp3) is 0.259. The number of anilines is 1. The largest absolute Gasteiger partial charge is 0.352 e. The van der Waals surface area contributed by atoms with Gasteiger partial charge >= 0.3 is 0 Å². The van der Waals surface area contributed by atoms with Gasteiger partial charge in [-0.05, 0) is 74.9 Å². The maximum Gasteiger partial charge on any atom is 0.264 e. The van der Waals surface area contributed by atoms with Gasteiger partial charge in [-0.3, -0.25) is 13.9 Å². The Labute approximate surface area is 232 Å². The van der Waals surface area contributed by atoms with E-state index < -0.39 is 40.2 Å². The maximum absolute atomic E-state index is 13.8. The first-order valence-electron chi connectivity index (χ1n) is 11.8. The molecule has 0 heterocycles. The SMILES string of the molecule is CC(C)NC(=O)C(C)N(Cc1ccc(Cl)cc1Cl)C(=O)CN(c1ccc(F)cc1)S(=O)(=O)c1ccccc1. The van der Waals surface area contributed by atoms with Crippen LogP contribution in [0.4, 0.5) is 10.1 Å². The highest BCUT2D eigenvalue weighted by molar-refractivity contribution is 7.92. The average molecular weight is 581 g/mol. The van der Waals surface area contributed by atoms with E-state index in [9.17, 15) is 22.4 Å². The van der Waals surface area contributed by atoms with Gasteiger partial charge in [0.15, 0.2) is 0 Å². The number of benzene rings is 3. The molecule has 0 radical (unpaired) electrons. The van der Waals surface area contributed by atoms with Crippen LogP contribution < -0.4 is 9.62 Å². The molecule has 3 rings (SSSR count). The van der Waals surface area contributed by atoms with Gasteiger partial charge in [-0.25, -0.2) is 12.8 Å². The Morgan fingerprint density at radius 2 is 1.58 bits per heavy atom. The summed E-state index contributed by atoms with van der Waals surface area (Å²) in [5.74, 6) is -1.64. The molecule has 2 amide bonds. The molecule has 0 spiro atoms. The first-order valence-corrected chi connectivity index (χ1v) is 14.0. The van der Waals surface area contributed by atoms with E-state index in [1.807, 2.05) is 0 Å². The predicted molar refractivity (Wildman–Crippen MR) is 147 cm³/mol. The van der Waals surface area contributed by atoms with Crippen molar-refractivity contribution >= 4 is 50.7 Å². The van der Waals surface area contributed by atoms with Gasteiger partial charge in [0, 0.05) is 22.6 Å². The van der Waals surface area contributed by atoms with Crippen LogP contribution in [0.2, 0.25) is 10.0 Å². The van der Waals surface area contributed by atoms with E-state index >= 15 is 0 Å². The number of hydrogen-bond acceptors (Lipinski definition) is 4. The first kappa shape index (κ1) is 29.4. The van der Waals surface area contributed by atoms with E-state index in [4.69, 9.17) is 23.2 Å². The molecule has 0 aromatic heterocycles. The van der Waals surface area contributed by atoms with Gasteiger partial charge in [0.25, 0.3) is 10.0 Å². The summed E-state index contributed by atoms with van der Waals surface area (Å²) < 4.78 is 41.8. The third-order valence-electron chi connectivity index (χ3n) is 5.68. The van der Waals surface area contributed by atoms with Gasteiger partial charge in [-0.2, -0.15) is 0 Å². The van der Waals surface area contributed by atoms with Gasteiger partial charge < -0.3 is 10.2 Å². The van der Waals surface area contributed by atoms with Gasteiger partial charge in [0.1, 0.15) is 18.4 Å². The van der Waals surface area contributed by atoms with Crippen LogP contribution in [-0.4, -0.2) is 43.8 Å². The lowest BCUT2D eigenvalue weighted by Crippen LogP contribution is -2.52. The summed E-state index contributed by atoms with van der Waals surface area (Å²) in [6.07, 6.45) is 0. The summed E-state index contributed by atoms with van der Waals surface area (Å²) >= 11 is 12.4. The minimum absolute atomic E-state index is 0.0463. The predicted octanol–water partition coefficient (Wildman–Crippen LogP) is 5.27. The minimum Gasteiger partial charge on any atom is -0.352 e. The summed E-state index contributed by atoms with van der Waals surface area (Å²) in [5, 5.41) is 3.47. The molecule has 11 heteroatoms.